The van der Waals surface area contributed by atoms with E-state index in [4.69, 9.17) is 0 Å². The average molecular weight is 476 g/mol. The maximum Gasteiger partial charge on any atom is 0.254 e. The molecule has 2 aromatic carbocycles. The number of nitrogens with zero attached hydrogens (tertiary/aromatic N) is 2. The van der Waals surface area contributed by atoms with Crippen molar-refractivity contribution < 1.29 is 22.4 Å². The summed E-state index contributed by atoms with van der Waals surface area (Å²) < 4.78 is 40.2. The van der Waals surface area contributed by atoms with Crippen LogP contribution in [0.2, 0.25) is 0 Å². The number of halogens is 1. The number of carbonyl (C=O) groups is 2. The number of carbonyl (C=O) groups excluding carboxylic acids is 2. The van der Waals surface area contributed by atoms with Crippen LogP contribution in [-0.2, 0) is 21.4 Å². The van der Waals surface area contributed by atoms with E-state index >= 15 is 0 Å². The molecule has 1 fully saturated rings. The van der Waals surface area contributed by atoms with E-state index in [1.165, 1.54) is 45.6 Å². The molecule has 9 heteroatoms. The molecule has 0 aliphatic carbocycles. The Bertz CT molecular complexity index is 1060. The van der Waals surface area contributed by atoms with Gasteiger partial charge in [-0.15, -0.1) is 0 Å². The highest BCUT2D eigenvalue weighted by molar-refractivity contribution is 7.89. The number of nitrogens with one attached hydrogen (secondary N) is 1. The summed E-state index contributed by atoms with van der Waals surface area (Å²) in [5, 5.41) is 2.72. The summed E-state index contributed by atoms with van der Waals surface area (Å²) in [6, 6.07) is 11.7. The molecule has 1 N–H and O–H groups in total. The third-order valence-electron chi connectivity index (χ3n) is 5.89. The molecule has 0 atom stereocenters. The van der Waals surface area contributed by atoms with Crippen molar-refractivity contribution in [3.63, 3.8) is 0 Å². The van der Waals surface area contributed by atoms with Crippen molar-refractivity contribution in [3.8, 4) is 0 Å². The Hall–Kier alpha value is -2.78. The minimum atomic E-state index is -3.59. The number of benzene rings is 2. The molecular formula is C24H30FN3O4S. The lowest BCUT2D eigenvalue weighted by Gasteiger charge is -2.29. The summed E-state index contributed by atoms with van der Waals surface area (Å²) in [6.45, 7) is 5.29. The van der Waals surface area contributed by atoms with Crippen LogP contribution in [0.1, 0.15) is 42.6 Å². The molecular weight excluding hydrogens is 445 g/mol. The van der Waals surface area contributed by atoms with Gasteiger partial charge < -0.3 is 10.2 Å². The van der Waals surface area contributed by atoms with E-state index in [-0.39, 0.29) is 35.6 Å². The molecule has 2 aromatic rings. The average Bonchev–Trinajstić information content (AvgIpc) is 2.82. The van der Waals surface area contributed by atoms with Crippen LogP contribution in [0.5, 0.6) is 0 Å². The molecule has 0 aromatic heterocycles. The van der Waals surface area contributed by atoms with E-state index in [2.05, 4.69) is 12.2 Å². The van der Waals surface area contributed by atoms with Gasteiger partial charge >= 0.3 is 0 Å². The minimum absolute atomic E-state index is 0.136. The second kappa shape index (κ2) is 10.9. The summed E-state index contributed by atoms with van der Waals surface area (Å²) in [5.74, 6) is -0.528. The summed E-state index contributed by atoms with van der Waals surface area (Å²) in [5.41, 5.74) is 1.06. The van der Waals surface area contributed by atoms with Gasteiger partial charge in [0.15, 0.2) is 0 Å². The smallest absolute Gasteiger partial charge is 0.254 e. The third-order valence-corrected chi connectivity index (χ3v) is 7.80. The molecule has 0 unspecified atom stereocenters. The zero-order chi connectivity index (χ0) is 24.0. The van der Waals surface area contributed by atoms with Gasteiger partial charge in [-0.2, -0.15) is 4.31 Å². The topological polar surface area (TPSA) is 86.8 Å². The lowest BCUT2D eigenvalue weighted by atomic mass is 10.0. The Morgan fingerprint density at radius 3 is 2.24 bits per heavy atom. The number of rotatable bonds is 8. The molecule has 0 bridgehead atoms. The van der Waals surface area contributed by atoms with Crippen LogP contribution in [0, 0.1) is 11.7 Å². The first-order valence-corrected chi connectivity index (χ1v) is 12.6. The van der Waals surface area contributed by atoms with Crippen molar-refractivity contribution in [2.24, 2.45) is 5.92 Å². The number of hydrogen-bond acceptors (Lipinski definition) is 4. The highest BCUT2D eigenvalue weighted by Crippen LogP contribution is 2.23. The molecule has 7 nitrogen and oxygen atoms in total. The van der Waals surface area contributed by atoms with E-state index in [9.17, 15) is 22.4 Å². The van der Waals surface area contributed by atoms with Crippen LogP contribution in [-0.4, -0.2) is 55.6 Å². The number of likely N-dealkylation sites (N-methyl/N-ethyl adjacent to an activating group) is 1. The normalized spacial score (nSPS) is 15.2. The Kier molecular flexibility index (Phi) is 8.20. The van der Waals surface area contributed by atoms with Gasteiger partial charge in [-0.3, -0.25) is 9.59 Å². The van der Waals surface area contributed by atoms with Gasteiger partial charge in [0.2, 0.25) is 15.9 Å². The maximum absolute atomic E-state index is 13.0. The van der Waals surface area contributed by atoms with Gasteiger partial charge in [-0.25, -0.2) is 12.8 Å². The fraction of sp³-hybridized carbons (Fsp3) is 0.417. The fourth-order valence-corrected chi connectivity index (χ4v) is 5.16. The fourth-order valence-electron chi connectivity index (χ4n) is 3.69. The van der Waals surface area contributed by atoms with Crippen LogP contribution in [0.3, 0.4) is 0 Å². The summed E-state index contributed by atoms with van der Waals surface area (Å²) in [7, 11) is -3.59. The zero-order valence-corrected chi connectivity index (χ0v) is 19.8. The van der Waals surface area contributed by atoms with E-state index in [0.29, 0.717) is 31.1 Å². The van der Waals surface area contributed by atoms with Crippen LogP contribution >= 0.6 is 0 Å². The lowest BCUT2D eigenvalue weighted by molar-refractivity contribution is -0.121. The van der Waals surface area contributed by atoms with E-state index in [0.717, 1.165) is 18.4 Å². The quantitative estimate of drug-likeness (QED) is 0.636. The summed E-state index contributed by atoms with van der Waals surface area (Å²) in [6.07, 6.45) is 1.68. The molecule has 1 heterocycles. The first-order chi connectivity index (χ1) is 15.7. The Balaban J connectivity index is 1.60. The number of piperidine rings is 1. The van der Waals surface area contributed by atoms with Crippen molar-refractivity contribution in [2.75, 3.05) is 26.2 Å². The summed E-state index contributed by atoms with van der Waals surface area (Å²) >= 11 is 0. The number of hydrogen-bond donors (Lipinski definition) is 1. The van der Waals surface area contributed by atoms with Crippen LogP contribution < -0.4 is 5.32 Å². The van der Waals surface area contributed by atoms with Crippen molar-refractivity contribution in [2.45, 2.75) is 38.1 Å². The molecule has 3 rings (SSSR count). The summed E-state index contributed by atoms with van der Waals surface area (Å²) in [4.78, 5) is 26.7. The van der Waals surface area contributed by atoms with Crippen LogP contribution in [0.4, 0.5) is 4.39 Å². The van der Waals surface area contributed by atoms with Crippen molar-refractivity contribution in [1.29, 1.82) is 0 Å². The van der Waals surface area contributed by atoms with E-state index in [1.807, 2.05) is 0 Å². The highest BCUT2D eigenvalue weighted by Gasteiger charge is 2.28. The number of amides is 2. The van der Waals surface area contributed by atoms with Crippen LogP contribution in [0.25, 0.3) is 0 Å². The lowest BCUT2D eigenvalue weighted by Crippen LogP contribution is -2.40. The maximum atomic E-state index is 13.0. The third kappa shape index (κ3) is 6.39. The van der Waals surface area contributed by atoms with E-state index in [1.54, 1.807) is 19.1 Å². The van der Waals surface area contributed by atoms with Gasteiger partial charge in [0.1, 0.15) is 5.82 Å². The highest BCUT2D eigenvalue weighted by atomic mass is 32.2. The van der Waals surface area contributed by atoms with Crippen molar-refractivity contribution in [3.05, 3.63) is 65.5 Å². The molecule has 33 heavy (non-hydrogen) atoms. The molecule has 1 aliphatic rings. The molecule has 0 spiro atoms. The molecule has 1 saturated heterocycles. The Morgan fingerprint density at radius 1 is 1.06 bits per heavy atom. The monoisotopic (exact) mass is 475 g/mol. The predicted octanol–water partition coefficient (Wildman–Crippen LogP) is 3.02. The van der Waals surface area contributed by atoms with Gasteiger partial charge in [-0.1, -0.05) is 19.1 Å². The van der Waals surface area contributed by atoms with Gasteiger partial charge in [-0.05, 0) is 67.6 Å². The molecule has 178 valence electrons. The second-order valence-corrected chi connectivity index (χ2v) is 10.3. The van der Waals surface area contributed by atoms with Gasteiger partial charge in [0.05, 0.1) is 11.4 Å². The predicted molar refractivity (Wildman–Crippen MR) is 123 cm³/mol. The van der Waals surface area contributed by atoms with Crippen molar-refractivity contribution in [1.82, 2.24) is 14.5 Å². The first-order valence-electron chi connectivity index (χ1n) is 11.1. The van der Waals surface area contributed by atoms with Gasteiger partial charge in [0, 0.05) is 31.7 Å². The first kappa shape index (κ1) is 24.9. The van der Waals surface area contributed by atoms with Crippen molar-refractivity contribution >= 4 is 21.8 Å². The van der Waals surface area contributed by atoms with Gasteiger partial charge in [0.25, 0.3) is 5.91 Å². The SMILES string of the molecule is CCN(CC(=O)NCc1ccc(F)cc1)C(=O)c1ccc(S(=O)(=O)N2CCC(C)CC2)cc1. The number of sulfonamides is 1. The largest absolute Gasteiger partial charge is 0.350 e. The second-order valence-electron chi connectivity index (χ2n) is 8.33. The minimum Gasteiger partial charge on any atom is -0.350 e. The Morgan fingerprint density at radius 2 is 1.67 bits per heavy atom. The standard InChI is InChI=1S/C24H30FN3O4S/c1-3-27(17-23(29)26-16-19-4-8-21(25)9-5-19)24(30)20-6-10-22(11-7-20)33(31,32)28-14-12-18(2)13-15-28/h4-11,18H,3,12-17H2,1-2H3,(H,26,29). The zero-order valence-electron chi connectivity index (χ0n) is 19.0. The van der Waals surface area contributed by atoms with E-state index < -0.39 is 10.0 Å². The van der Waals surface area contributed by atoms with Crippen LogP contribution in [0.15, 0.2) is 53.4 Å². The molecule has 0 radical (unpaired) electrons. The molecule has 1 aliphatic heterocycles. The Labute approximate surface area is 194 Å². The molecule has 2 amide bonds. The molecule has 0 saturated carbocycles.